The van der Waals surface area contributed by atoms with Crippen LogP contribution in [-0.2, 0) is 27.8 Å². The summed E-state index contributed by atoms with van der Waals surface area (Å²) in [5.74, 6) is -0.591. The minimum Gasteiger partial charge on any atom is -0.459 e. The van der Waals surface area contributed by atoms with E-state index < -0.39 is 31.3 Å². The summed E-state index contributed by atoms with van der Waals surface area (Å²) < 4.78 is 38.2. The van der Waals surface area contributed by atoms with Crippen LogP contribution in [0.1, 0.15) is 16.8 Å². The third-order valence-corrected chi connectivity index (χ3v) is 6.27. The lowest BCUT2D eigenvalue weighted by atomic mass is 10.2. The van der Waals surface area contributed by atoms with Gasteiger partial charge >= 0.3 is 13.6 Å². The molecule has 0 radical (unpaired) electrons. The minimum atomic E-state index is -3.92. The second-order valence-electron chi connectivity index (χ2n) is 5.20. The summed E-state index contributed by atoms with van der Waals surface area (Å²) in [5, 5.41) is 8.85. The Morgan fingerprint density at radius 1 is 1.29 bits per heavy atom. The van der Waals surface area contributed by atoms with Crippen molar-refractivity contribution in [3.63, 3.8) is 0 Å². The van der Waals surface area contributed by atoms with Crippen LogP contribution in [0.4, 0.5) is 0 Å². The molecule has 1 N–H and O–H groups in total. The number of ether oxygens (including phenoxy) is 3. The molecule has 1 aliphatic heterocycles. The number of methoxy groups -OCH3 is 1. The zero-order chi connectivity index (χ0) is 17.8. The third-order valence-electron chi connectivity index (χ3n) is 3.89. The molecule has 9 heteroatoms. The van der Waals surface area contributed by atoms with Gasteiger partial charge in [-0.1, -0.05) is 18.2 Å². The molecule has 0 spiro atoms. The van der Waals surface area contributed by atoms with Crippen LogP contribution in [0.2, 0.25) is 0 Å². The van der Waals surface area contributed by atoms with Crippen molar-refractivity contribution in [2.24, 2.45) is 0 Å². The first-order chi connectivity index (χ1) is 11.4. The summed E-state index contributed by atoms with van der Waals surface area (Å²) in [5.41, 5.74) is 0.351. The van der Waals surface area contributed by atoms with E-state index in [0.717, 1.165) is 14.2 Å². The van der Waals surface area contributed by atoms with Crippen molar-refractivity contribution in [1.29, 1.82) is 0 Å². The number of carbonyl (C=O) groups excluding carboxylic acids is 1. The van der Waals surface area contributed by atoms with E-state index in [0.29, 0.717) is 5.56 Å². The molecular weight excluding hydrogens is 339 g/mol. The number of rotatable bonds is 7. The number of carbonyl (C=O) groups is 1. The van der Waals surface area contributed by atoms with E-state index in [1.807, 2.05) is 0 Å². The maximum absolute atomic E-state index is 12.7. The van der Waals surface area contributed by atoms with E-state index in [1.54, 1.807) is 30.3 Å². The monoisotopic (exact) mass is 360 g/mol. The lowest BCUT2D eigenvalue weighted by Gasteiger charge is -2.32. The number of esters is 1. The van der Waals surface area contributed by atoms with Gasteiger partial charge in [-0.2, -0.15) is 0 Å². The Morgan fingerprint density at radius 3 is 2.46 bits per heavy atom. The lowest BCUT2D eigenvalue weighted by Crippen LogP contribution is -2.42. The van der Waals surface area contributed by atoms with Gasteiger partial charge in [-0.15, -0.1) is 0 Å². The van der Waals surface area contributed by atoms with E-state index in [-0.39, 0.29) is 13.0 Å². The normalized spacial score (nSPS) is 27.2. The standard InChI is InChI=1S/C15H21O8P/c1-19-13-9-15(17,24(18,20-2)21-3)12(23-13)10-22-14(16)11-7-5-4-6-8-11/h4-8,12-13,17H,9-10H2,1-3H3/t12-,13+,15+/m1/s1. The van der Waals surface area contributed by atoms with Crippen LogP contribution in [-0.4, -0.2) is 56.7 Å². The van der Waals surface area contributed by atoms with Crippen molar-refractivity contribution < 1.29 is 37.7 Å². The van der Waals surface area contributed by atoms with E-state index >= 15 is 0 Å². The molecule has 1 aromatic rings. The average molecular weight is 360 g/mol. The van der Waals surface area contributed by atoms with E-state index in [1.165, 1.54) is 7.11 Å². The van der Waals surface area contributed by atoms with Crippen LogP contribution in [0.25, 0.3) is 0 Å². The number of benzene rings is 1. The highest BCUT2D eigenvalue weighted by molar-refractivity contribution is 7.55. The fraction of sp³-hybridized carbons (Fsp3) is 0.533. The van der Waals surface area contributed by atoms with Crippen molar-refractivity contribution in [2.75, 3.05) is 27.9 Å². The molecule has 1 aromatic carbocycles. The molecule has 0 aromatic heterocycles. The van der Waals surface area contributed by atoms with E-state index in [4.69, 9.17) is 23.3 Å². The van der Waals surface area contributed by atoms with Gasteiger partial charge in [0.2, 0.25) is 5.34 Å². The highest BCUT2D eigenvalue weighted by Crippen LogP contribution is 2.63. The average Bonchev–Trinajstić information content (AvgIpc) is 2.97. The predicted molar refractivity (Wildman–Crippen MR) is 83.6 cm³/mol. The van der Waals surface area contributed by atoms with E-state index in [9.17, 15) is 14.5 Å². The first-order valence-corrected chi connectivity index (χ1v) is 8.79. The Labute approximate surface area is 140 Å². The van der Waals surface area contributed by atoms with Crippen molar-refractivity contribution in [3.05, 3.63) is 35.9 Å². The highest BCUT2D eigenvalue weighted by atomic mass is 31.2. The number of hydrogen-bond acceptors (Lipinski definition) is 8. The number of hydrogen-bond donors (Lipinski definition) is 1. The second kappa shape index (κ2) is 7.74. The predicted octanol–water partition coefficient (Wildman–Crippen LogP) is 1.78. The lowest BCUT2D eigenvalue weighted by molar-refractivity contribution is -0.131. The molecule has 8 nitrogen and oxygen atoms in total. The highest BCUT2D eigenvalue weighted by Gasteiger charge is 2.61. The van der Waals surface area contributed by atoms with Gasteiger partial charge in [-0.05, 0) is 12.1 Å². The molecule has 1 heterocycles. The molecule has 1 aliphatic rings. The minimum absolute atomic E-state index is 0.143. The molecule has 0 saturated carbocycles. The zero-order valence-electron chi connectivity index (χ0n) is 13.7. The van der Waals surface area contributed by atoms with Crippen molar-refractivity contribution in [2.45, 2.75) is 24.2 Å². The maximum Gasteiger partial charge on any atom is 0.364 e. The van der Waals surface area contributed by atoms with Crippen LogP contribution in [0.5, 0.6) is 0 Å². The fourth-order valence-corrected chi connectivity index (χ4v) is 4.16. The summed E-state index contributed by atoms with van der Waals surface area (Å²) in [6.07, 6.45) is -2.09. The third kappa shape index (κ3) is 3.54. The van der Waals surface area contributed by atoms with Gasteiger partial charge in [0.1, 0.15) is 12.7 Å². The molecule has 0 amide bonds. The van der Waals surface area contributed by atoms with Gasteiger partial charge in [-0.25, -0.2) is 4.79 Å². The smallest absolute Gasteiger partial charge is 0.364 e. The Hall–Kier alpha value is -1.28. The topological polar surface area (TPSA) is 101 Å². The Balaban J connectivity index is 2.14. The second-order valence-corrected chi connectivity index (χ2v) is 7.70. The molecule has 1 saturated heterocycles. The Kier molecular flexibility index (Phi) is 6.14. The summed E-state index contributed by atoms with van der Waals surface area (Å²) >= 11 is 0. The van der Waals surface area contributed by atoms with E-state index in [2.05, 4.69) is 0 Å². The SMILES string of the molecule is CO[C@@H]1C[C@](O)(P(=O)(OC)OC)[C@@H](COC(=O)c2ccccc2)O1. The van der Waals surface area contributed by atoms with Crippen molar-refractivity contribution >= 4 is 13.6 Å². The van der Waals surface area contributed by atoms with Crippen LogP contribution in [0, 0.1) is 0 Å². The van der Waals surface area contributed by atoms with Gasteiger partial charge in [0.25, 0.3) is 0 Å². The fourth-order valence-electron chi connectivity index (χ4n) is 2.52. The summed E-state index contributed by atoms with van der Waals surface area (Å²) in [6.45, 7) is -0.333. The Morgan fingerprint density at radius 2 is 1.92 bits per heavy atom. The maximum atomic E-state index is 12.7. The van der Waals surface area contributed by atoms with Gasteiger partial charge in [0.15, 0.2) is 6.29 Å². The van der Waals surface area contributed by atoms with Gasteiger partial charge in [-0.3, -0.25) is 4.57 Å². The van der Waals surface area contributed by atoms with Crippen LogP contribution in [0.15, 0.2) is 30.3 Å². The molecular formula is C15H21O8P. The number of aliphatic hydroxyl groups is 1. The Bertz CT molecular complexity index is 599. The largest absolute Gasteiger partial charge is 0.459 e. The van der Waals surface area contributed by atoms with Crippen LogP contribution >= 0.6 is 7.60 Å². The molecule has 3 atom stereocenters. The zero-order valence-corrected chi connectivity index (χ0v) is 14.6. The van der Waals surface area contributed by atoms with Crippen LogP contribution in [0.3, 0.4) is 0 Å². The van der Waals surface area contributed by atoms with Crippen molar-refractivity contribution in [1.82, 2.24) is 0 Å². The van der Waals surface area contributed by atoms with Gasteiger partial charge < -0.3 is 28.4 Å². The summed E-state index contributed by atoms with van der Waals surface area (Å²) in [4.78, 5) is 12.0. The quantitative estimate of drug-likeness (QED) is 0.580. The van der Waals surface area contributed by atoms with Crippen molar-refractivity contribution in [3.8, 4) is 0 Å². The summed E-state index contributed by atoms with van der Waals surface area (Å²) in [6, 6.07) is 8.36. The summed E-state index contributed by atoms with van der Waals surface area (Å²) in [7, 11) is -0.213. The van der Waals surface area contributed by atoms with Gasteiger partial charge in [0, 0.05) is 27.8 Å². The molecule has 0 unspecified atom stereocenters. The van der Waals surface area contributed by atoms with Gasteiger partial charge in [0.05, 0.1) is 5.56 Å². The molecule has 1 fully saturated rings. The molecule has 24 heavy (non-hydrogen) atoms. The molecule has 134 valence electrons. The molecule has 0 bridgehead atoms. The molecule has 2 rings (SSSR count). The van der Waals surface area contributed by atoms with Crippen LogP contribution < -0.4 is 0 Å². The molecule has 0 aliphatic carbocycles. The first kappa shape index (κ1) is 19.1. The first-order valence-electron chi connectivity index (χ1n) is 7.24.